The molecule has 0 spiro atoms. The van der Waals surface area contributed by atoms with E-state index in [2.05, 4.69) is 49.9 Å². The Bertz CT molecular complexity index is 3410. The number of hydrogen-bond donors (Lipinski definition) is 8. The number of rotatable bonds is 39. The highest BCUT2D eigenvalue weighted by molar-refractivity contribution is 6.06. The van der Waals surface area contributed by atoms with Gasteiger partial charge in [-0.3, -0.25) is 24.0 Å². The van der Waals surface area contributed by atoms with Gasteiger partial charge < -0.3 is 76.8 Å². The number of fused-ring (bicyclic) bond motifs is 5. The van der Waals surface area contributed by atoms with Crippen molar-refractivity contribution < 1.29 is 62.1 Å². The summed E-state index contributed by atoms with van der Waals surface area (Å²) in [6.07, 6.45) is 7.92. The van der Waals surface area contributed by atoms with Crippen molar-refractivity contribution in [2.75, 3.05) is 95.0 Å². The van der Waals surface area contributed by atoms with E-state index in [0.717, 1.165) is 63.9 Å². The summed E-state index contributed by atoms with van der Waals surface area (Å²) in [5.41, 5.74) is 18.6. The van der Waals surface area contributed by atoms with Crippen molar-refractivity contribution in [3.8, 4) is 0 Å². The predicted octanol–water partition coefficient (Wildman–Crippen LogP) is 6.73. The molecule has 25 nitrogen and oxygen atoms in total. The lowest BCUT2D eigenvalue weighted by Gasteiger charge is -2.27. The largest absolute Gasteiger partial charge is 0.445 e. The van der Waals surface area contributed by atoms with Gasteiger partial charge in [0.1, 0.15) is 42.2 Å². The molecule has 25 heteroatoms. The normalized spacial score (nSPS) is 12.8. The van der Waals surface area contributed by atoms with Crippen molar-refractivity contribution in [3.05, 3.63) is 125 Å². The molecule has 0 saturated carbocycles. The first-order valence-corrected chi connectivity index (χ1v) is 31.5. The maximum atomic E-state index is 13.7. The molecule has 0 unspecified atom stereocenters. The third-order valence-corrected chi connectivity index (χ3v) is 14.9. The van der Waals surface area contributed by atoms with Crippen molar-refractivity contribution >= 4 is 92.9 Å². The molecule has 7 rings (SSSR count). The van der Waals surface area contributed by atoms with Crippen LogP contribution in [0.1, 0.15) is 107 Å². The van der Waals surface area contributed by atoms with Crippen LogP contribution in [-0.4, -0.2) is 148 Å². The Morgan fingerprint density at radius 1 is 0.630 bits per heavy atom. The van der Waals surface area contributed by atoms with Gasteiger partial charge in [-0.05, 0) is 84.5 Å². The Morgan fingerprint density at radius 3 is 2.04 bits per heavy atom. The van der Waals surface area contributed by atoms with Crippen LogP contribution >= 0.6 is 0 Å². The number of aryl methyl sites for hydroxylation is 1. The van der Waals surface area contributed by atoms with Crippen LogP contribution in [-0.2, 0) is 67.2 Å². The monoisotopic (exact) mass is 1270 g/mol. The fourth-order valence-corrected chi connectivity index (χ4v) is 9.98. The van der Waals surface area contributed by atoms with Crippen LogP contribution in [0.25, 0.3) is 34.1 Å². The molecule has 3 heterocycles. The maximum absolute atomic E-state index is 13.7. The molecule has 2 atom stereocenters. The van der Waals surface area contributed by atoms with Crippen LogP contribution in [0.5, 0.6) is 0 Å². The molecule has 4 aromatic carbocycles. The number of nitrogens with zero attached hydrogens (tertiary/aromatic N) is 4. The first-order valence-electron chi connectivity index (χ1n) is 31.5. The van der Waals surface area contributed by atoms with Crippen LogP contribution in [0, 0.1) is 5.92 Å². The van der Waals surface area contributed by atoms with Gasteiger partial charge in [0, 0.05) is 56.4 Å². The number of para-hydroxylation sites is 2. The minimum atomic E-state index is -1.05. The smallest absolute Gasteiger partial charge is 0.407 e. The summed E-state index contributed by atoms with van der Waals surface area (Å²) >= 11 is 0. The van der Waals surface area contributed by atoms with Gasteiger partial charge in [-0.15, -0.1) is 0 Å². The van der Waals surface area contributed by atoms with E-state index >= 15 is 0 Å². The summed E-state index contributed by atoms with van der Waals surface area (Å²) in [5, 5.41) is 17.3. The lowest BCUT2D eigenvalue weighted by Crippen LogP contribution is -2.54. The molecular weight excluding hydrogens is 1180 g/mol. The van der Waals surface area contributed by atoms with Crippen molar-refractivity contribution in [3.63, 3.8) is 0 Å². The van der Waals surface area contributed by atoms with E-state index < -0.39 is 41.9 Å². The second-order valence-electron chi connectivity index (χ2n) is 22.3. The summed E-state index contributed by atoms with van der Waals surface area (Å²) in [6, 6.07) is 27.3. The highest BCUT2D eigenvalue weighted by Crippen LogP contribution is 2.31. The highest BCUT2D eigenvalue weighted by atomic mass is 16.7. The quantitative estimate of drug-likeness (QED) is 0.0186. The standard InChI is InChI=1S/C67H88N12O13/c1-4-5-22-56-76-61-62(52-18-9-10-19-53(52)74-63(61)68)79(56)92-35-13-12-32-72-67(86)91-45-47-23-27-51(28-24-47)73-64(83)54(20-14-33-71-66(69)85)75-65(84)60(46(2)3)77-58(81)31-36-87-38-40-89-42-43-90-41-39-88-37-34-70-57(80)29-30-59(82)78-44-50-17-7-6-15-48(50)25-26-49-16-8-11-21-55(49)78/h6-11,15-19,21,23-28,46,54,60H,4-5,12-14,20,22,29-45H2,1-3H3,(H2,68,74)(H,70,80)(H,72,86)(H,73,83)(H,75,84)(H,77,81)(H3,69,71,85)/b26-25-/t54-,60-/m0/s1. The molecule has 10 N–H and O–H groups in total. The molecule has 0 radical (unpaired) electrons. The number of pyridine rings is 1. The molecule has 0 bridgehead atoms. The first kappa shape index (κ1) is 70.3. The Labute approximate surface area is 536 Å². The number of alkyl carbamates (subject to hydrolysis) is 1. The number of anilines is 3. The van der Waals surface area contributed by atoms with Crippen LogP contribution in [0.4, 0.5) is 26.8 Å². The molecule has 1 aliphatic heterocycles. The number of primary amides is 1. The lowest BCUT2D eigenvalue weighted by molar-refractivity contribution is -0.132. The van der Waals surface area contributed by atoms with E-state index in [0.29, 0.717) is 94.5 Å². The number of carbonyl (C=O) groups excluding carboxylic acids is 7. The number of ether oxygens (including phenoxy) is 5. The van der Waals surface area contributed by atoms with Crippen molar-refractivity contribution in [1.29, 1.82) is 0 Å². The van der Waals surface area contributed by atoms with Crippen LogP contribution < -0.4 is 53.1 Å². The Balaban J connectivity index is 0.717. The zero-order valence-corrected chi connectivity index (χ0v) is 52.8. The van der Waals surface area contributed by atoms with E-state index in [1.807, 2.05) is 78.9 Å². The van der Waals surface area contributed by atoms with E-state index in [1.54, 1.807) is 47.7 Å². The highest BCUT2D eigenvalue weighted by Gasteiger charge is 2.29. The minimum Gasteiger partial charge on any atom is -0.445 e. The Hall–Kier alpha value is -9.17. The van der Waals surface area contributed by atoms with Crippen molar-refractivity contribution in [2.45, 2.75) is 110 Å². The average Bonchev–Trinajstić information content (AvgIpc) is 1.61. The zero-order valence-electron chi connectivity index (χ0n) is 52.8. The van der Waals surface area contributed by atoms with E-state index in [-0.39, 0.29) is 83.0 Å². The number of carbonyl (C=O) groups is 7. The number of nitrogens with two attached hydrogens (primary N) is 2. The number of nitrogens with one attached hydrogen (secondary N) is 6. The van der Waals surface area contributed by atoms with E-state index in [4.69, 9.17) is 45.0 Å². The molecule has 6 aromatic rings. The summed E-state index contributed by atoms with van der Waals surface area (Å²) in [4.78, 5) is 108. The number of nitrogen functional groups attached to an aromatic ring is 1. The van der Waals surface area contributed by atoms with Crippen molar-refractivity contribution in [1.82, 2.24) is 41.3 Å². The van der Waals surface area contributed by atoms with Crippen LogP contribution in [0.3, 0.4) is 0 Å². The number of imidazole rings is 1. The van der Waals surface area contributed by atoms with Gasteiger partial charge in [0.2, 0.25) is 29.5 Å². The lowest BCUT2D eigenvalue weighted by atomic mass is 10.0. The molecule has 1 aliphatic rings. The number of amides is 8. The van der Waals surface area contributed by atoms with E-state index in [1.165, 1.54) is 0 Å². The average molecular weight is 1270 g/mol. The topological polar surface area (TPSA) is 333 Å². The third-order valence-electron chi connectivity index (χ3n) is 14.9. The van der Waals surface area contributed by atoms with Gasteiger partial charge >= 0.3 is 12.1 Å². The van der Waals surface area contributed by atoms with Gasteiger partial charge in [0.25, 0.3) is 0 Å². The van der Waals surface area contributed by atoms with Gasteiger partial charge in [-0.25, -0.2) is 19.6 Å². The number of benzene rings is 4. The second-order valence-corrected chi connectivity index (χ2v) is 22.3. The molecule has 494 valence electrons. The summed E-state index contributed by atoms with van der Waals surface area (Å²) in [6.45, 7) is 9.33. The molecular formula is C67H88N12O13. The molecule has 8 amide bonds. The van der Waals surface area contributed by atoms with Gasteiger partial charge in [0.05, 0.1) is 70.6 Å². The first-order chi connectivity index (χ1) is 44.7. The SMILES string of the molecule is CCCCc1nc2c(N)nc3ccccc3c2n1OCCCCNC(=O)OCc1ccc(NC(=O)[C@H](CCCNC(N)=O)NC(=O)[C@@H](NC(=O)CCOCCOCCOCCOCCNC(=O)CCC(=O)N2Cc3ccccc3/C=C\c3ccccc32)C(C)C)cc1. The molecule has 0 saturated heterocycles. The minimum absolute atomic E-state index is 0.0271. The fourth-order valence-electron chi connectivity index (χ4n) is 9.98. The maximum Gasteiger partial charge on any atom is 0.407 e. The number of urea groups is 1. The molecule has 2 aromatic heterocycles. The molecule has 0 fully saturated rings. The van der Waals surface area contributed by atoms with Crippen molar-refractivity contribution in [2.24, 2.45) is 11.7 Å². The van der Waals surface area contributed by atoms with Crippen LogP contribution in [0.2, 0.25) is 0 Å². The number of unbranched alkanes of at least 4 members (excludes halogenated alkanes) is 2. The summed E-state index contributed by atoms with van der Waals surface area (Å²) < 4.78 is 29.5. The number of hydrogen-bond acceptors (Lipinski definition) is 16. The zero-order chi connectivity index (χ0) is 65.5. The second kappa shape index (κ2) is 37.9. The van der Waals surface area contributed by atoms with E-state index in [9.17, 15) is 33.6 Å². The van der Waals surface area contributed by atoms with Gasteiger partial charge in [-0.1, -0.05) is 112 Å². The summed E-state index contributed by atoms with van der Waals surface area (Å²) in [7, 11) is 0. The third kappa shape index (κ3) is 22.6. The number of aromatic nitrogens is 3. The summed E-state index contributed by atoms with van der Waals surface area (Å²) in [5.74, 6) is -1.11. The van der Waals surface area contributed by atoms with Gasteiger partial charge in [-0.2, -0.15) is 4.73 Å². The fraction of sp³-hybridized carbons (Fsp3) is 0.448. The predicted molar refractivity (Wildman–Crippen MR) is 351 cm³/mol. The Morgan fingerprint density at radius 2 is 1.30 bits per heavy atom. The Kier molecular flexibility index (Phi) is 28.9. The molecule has 0 aliphatic carbocycles. The van der Waals surface area contributed by atoms with Crippen LogP contribution in [0.15, 0.2) is 97.1 Å². The van der Waals surface area contributed by atoms with Gasteiger partial charge in [0.15, 0.2) is 5.82 Å². The molecule has 92 heavy (non-hydrogen) atoms.